The van der Waals surface area contributed by atoms with E-state index in [9.17, 15) is 18.5 Å². The second kappa shape index (κ2) is 9.41. The van der Waals surface area contributed by atoms with Gasteiger partial charge < -0.3 is 9.80 Å². The lowest BCUT2D eigenvalue weighted by molar-refractivity contribution is 0.176. The fraction of sp³-hybridized carbons (Fsp3) is 0.444. The van der Waals surface area contributed by atoms with Crippen molar-refractivity contribution in [3.8, 4) is 28.6 Å². The van der Waals surface area contributed by atoms with Gasteiger partial charge in [-0.15, -0.1) is 16.1 Å². The predicted octanol–water partition coefficient (Wildman–Crippen LogP) is 3.01. The molecule has 1 N–H and O–H groups in total. The van der Waals surface area contributed by atoms with Gasteiger partial charge in [-0.2, -0.15) is 9.98 Å². The number of imidazole rings is 1. The molecule has 206 valence electrons. The lowest BCUT2D eigenvalue weighted by Gasteiger charge is -2.29. The molecule has 0 aromatic carbocycles. The molecule has 3 aromatic heterocycles. The van der Waals surface area contributed by atoms with Gasteiger partial charge >= 0.3 is 6.03 Å². The van der Waals surface area contributed by atoms with Gasteiger partial charge in [0.15, 0.2) is 5.01 Å². The highest BCUT2D eigenvalue weighted by atomic mass is 32.2. The van der Waals surface area contributed by atoms with Crippen molar-refractivity contribution in [3.05, 3.63) is 35.1 Å². The molecule has 0 radical (unpaired) electrons. The molecule has 0 saturated heterocycles. The van der Waals surface area contributed by atoms with Gasteiger partial charge in [-0.25, -0.2) is 18.2 Å². The molecule has 0 spiro atoms. The van der Waals surface area contributed by atoms with Crippen molar-refractivity contribution in [2.75, 3.05) is 27.2 Å². The average Bonchev–Trinajstić information content (AvgIpc) is 3.79. The van der Waals surface area contributed by atoms with E-state index in [4.69, 9.17) is 0 Å². The van der Waals surface area contributed by atoms with Crippen molar-refractivity contribution in [1.82, 2.24) is 34.1 Å². The molecule has 0 atom stereocenters. The second-order valence-corrected chi connectivity index (χ2v) is 13.4. The van der Waals surface area contributed by atoms with E-state index >= 15 is 0 Å². The van der Waals surface area contributed by atoms with Gasteiger partial charge in [0.25, 0.3) is 0 Å². The lowest BCUT2D eigenvalue weighted by atomic mass is 10.0. The SMILES string of the molecule is CC#CC1(NS(=O)(=O)c2cc(C3=CCN(C(=O)N(C)C)CC3)c3ncc(-c4nnc(C5(C#N)CC5)s4)n3c2)CC1. The normalized spacial score (nSPS) is 18.9. The summed E-state index contributed by atoms with van der Waals surface area (Å²) in [4.78, 5) is 20.5. The molecule has 11 nitrogen and oxygen atoms in total. The van der Waals surface area contributed by atoms with Crippen LogP contribution in [0.2, 0.25) is 0 Å². The van der Waals surface area contributed by atoms with E-state index in [2.05, 4.69) is 37.8 Å². The largest absolute Gasteiger partial charge is 0.331 e. The number of nitrogens with one attached hydrogen (secondary N) is 1. The average molecular weight is 577 g/mol. The molecule has 4 heterocycles. The van der Waals surface area contributed by atoms with Crippen molar-refractivity contribution < 1.29 is 13.2 Å². The van der Waals surface area contributed by atoms with E-state index in [1.54, 1.807) is 48.8 Å². The molecule has 2 aliphatic carbocycles. The number of hydrogen-bond acceptors (Lipinski definition) is 8. The monoisotopic (exact) mass is 576 g/mol. The molecule has 2 fully saturated rings. The maximum absolute atomic E-state index is 13.7. The number of fused-ring (bicyclic) bond motifs is 1. The molecule has 3 aliphatic rings. The lowest BCUT2D eigenvalue weighted by Crippen LogP contribution is -2.41. The van der Waals surface area contributed by atoms with Crippen LogP contribution in [-0.4, -0.2) is 76.6 Å². The summed E-state index contributed by atoms with van der Waals surface area (Å²) >= 11 is 1.33. The molecule has 3 aromatic rings. The van der Waals surface area contributed by atoms with Gasteiger partial charge in [0.2, 0.25) is 10.0 Å². The highest BCUT2D eigenvalue weighted by Crippen LogP contribution is 2.49. The Morgan fingerprint density at radius 2 is 2.00 bits per heavy atom. The quantitative estimate of drug-likeness (QED) is 0.446. The molecule has 0 unspecified atom stereocenters. The number of aromatic nitrogens is 4. The Labute approximate surface area is 236 Å². The number of pyridine rings is 1. The number of amides is 2. The van der Waals surface area contributed by atoms with Crippen LogP contribution in [0.15, 0.2) is 29.4 Å². The van der Waals surface area contributed by atoms with Gasteiger partial charge in [-0.3, -0.25) is 4.40 Å². The molecular weight excluding hydrogens is 548 g/mol. The van der Waals surface area contributed by atoms with Gasteiger partial charge in [0.05, 0.1) is 22.7 Å². The molecule has 0 bridgehead atoms. The van der Waals surface area contributed by atoms with Crippen LogP contribution in [0.25, 0.3) is 21.9 Å². The predicted molar refractivity (Wildman–Crippen MR) is 150 cm³/mol. The zero-order valence-corrected chi connectivity index (χ0v) is 24.1. The number of hydrogen-bond donors (Lipinski definition) is 1. The fourth-order valence-electron chi connectivity index (χ4n) is 4.93. The van der Waals surface area contributed by atoms with Gasteiger partial charge in [0, 0.05) is 38.9 Å². The summed E-state index contributed by atoms with van der Waals surface area (Å²) in [6.07, 6.45) is 8.56. The summed E-state index contributed by atoms with van der Waals surface area (Å²) in [7, 11) is -0.496. The first kappa shape index (κ1) is 26.4. The minimum absolute atomic E-state index is 0.0753. The van der Waals surface area contributed by atoms with Crippen LogP contribution in [0.4, 0.5) is 4.79 Å². The highest BCUT2D eigenvalue weighted by molar-refractivity contribution is 7.89. The fourth-order valence-corrected chi connectivity index (χ4v) is 7.38. The minimum atomic E-state index is -3.93. The Balaban J connectivity index is 1.45. The first-order valence-electron chi connectivity index (χ1n) is 13.0. The van der Waals surface area contributed by atoms with Crippen molar-refractivity contribution in [1.29, 1.82) is 5.26 Å². The van der Waals surface area contributed by atoms with E-state index in [1.807, 2.05) is 6.08 Å². The van der Waals surface area contributed by atoms with Crippen molar-refractivity contribution in [2.45, 2.75) is 54.9 Å². The molecule has 40 heavy (non-hydrogen) atoms. The number of carbonyl (C=O) groups excluding carboxylic acids is 1. The zero-order valence-electron chi connectivity index (χ0n) is 22.4. The molecule has 2 amide bonds. The smallest absolute Gasteiger partial charge is 0.319 e. The van der Waals surface area contributed by atoms with Gasteiger partial charge in [-0.05, 0) is 50.7 Å². The van der Waals surface area contributed by atoms with Crippen molar-refractivity contribution in [3.63, 3.8) is 0 Å². The van der Waals surface area contributed by atoms with Crippen LogP contribution in [-0.2, 0) is 15.4 Å². The third-order valence-electron chi connectivity index (χ3n) is 7.56. The number of urea groups is 1. The third kappa shape index (κ3) is 4.54. The van der Waals surface area contributed by atoms with Gasteiger partial charge in [-0.1, -0.05) is 23.3 Å². The molecule has 13 heteroatoms. The first-order chi connectivity index (χ1) is 19.1. The number of sulfonamides is 1. The maximum atomic E-state index is 13.7. The minimum Gasteiger partial charge on any atom is -0.331 e. The zero-order chi connectivity index (χ0) is 28.3. The number of rotatable bonds is 6. The van der Waals surface area contributed by atoms with Crippen LogP contribution in [0.1, 0.15) is 49.6 Å². The Kier molecular flexibility index (Phi) is 6.22. The Bertz CT molecular complexity index is 1780. The molecule has 1 aliphatic heterocycles. The standard InChI is InChI=1S/C27H28N8O3S2/c1-4-7-27(10-11-27)32-40(37,38)19-14-20(18-5-12-34(13-6-18)25(36)33(2)3)22-29-15-21(35(22)16-19)23-30-31-24(39-23)26(17-28)8-9-26/h5,14-16,32H,6,8-13H2,1-3H3. The van der Waals surface area contributed by atoms with Gasteiger partial charge in [0.1, 0.15) is 21.8 Å². The Morgan fingerprint density at radius 1 is 1.23 bits per heavy atom. The van der Waals surface area contributed by atoms with Crippen LogP contribution < -0.4 is 4.72 Å². The number of nitriles is 1. The van der Waals surface area contributed by atoms with E-state index in [0.717, 1.165) is 18.4 Å². The summed E-state index contributed by atoms with van der Waals surface area (Å²) in [5.74, 6) is 5.84. The summed E-state index contributed by atoms with van der Waals surface area (Å²) in [6, 6.07) is 3.93. The van der Waals surface area contributed by atoms with Crippen LogP contribution in [0.3, 0.4) is 0 Å². The van der Waals surface area contributed by atoms with E-state index in [0.29, 0.717) is 59.3 Å². The highest BCUT2D eigenvalue weighted by Gasteiger charge is 2.48. The maximum Gasteiger partial charge on any atom is 0.319 e. The Morgan fingerprint density at radius 3 is 2.60 bits per heavy atom. The van der Waals surface area contributed by atoms with Crippen molar-refractivity contribution >= 4 is 38.6 Å². The summed E-state index contributed by atoms with van der Waals surface area (Å²) in [6.45, 7) is 2.61. The van der Waals surface area contributed by atoms with Crippen molar-refractivity contribution in [2.24, 2.45) is 0 Å². The molecule has 6 rings (SSSR count). The summed E-state index contributed by atoms with van der Waals surface area (Å²) in [5.41, 5.74) is 1.47. The number of nitrogens with zero attached hydrogens (tertiary/aromatic N) is 7. The summed E-state index contributed by atoms with van der Waals surface area (Å²) in [5, 5.41) is 19.5. The Hall–Kier alpha value is -3.78. The number of carbonyl (C=O) groups is 1. The van der Waals surface area contributed by atoms with E-state index in [-0.39, 0.29) is 10.9 Å². The van der Waals surface area contributed by atoms with Crippen LogP contribution in [0.5, 0.6) is 0 Å². The second-order valence-electron chi connectivity index (χ2n) is 10.7. The van der Waals surface area contributed by atoms with Crippen LogP contribution in [0, 0.1) is 23.2 Å². The molecule has 2 saturated carbocycles. The van der Waals surface area contributed by atoms with E-state index < -0.39 is 21.0 Å². The van der Waals surface area contributed by atoms with Crippen LogP contribution >= 0.6 is 11.3 Å². The first-order valence-corrected chi connectivity index (χ1v) is 15.3. The molecular formula is C27H28N8O3S2. The van der Waals surface area contributed by atoms with E-state index in [1.165, 1.54) is 16.2 Å². The summed E-state index contributed by atoms with van der Waals surface area (Å²) < 4.78 is 31.9. The third-order valence-corrected chi connectivity index (χ3v) is 10.2. The topological polar surface area (TPSA) is 137 Å².